The third-order valence-electron chi connectivity index (χ3n) is 2.29. The Labute approximate surface area is 63.2 Å². The summed E-state index contributed by atoms with van der Waals surface area (Å²) in [7, 11) is 0. The molecular formula is C8H18N2. The predicted octanol–water partition coefficient (Wildman–Crippen LogP) is 0.866. The van der Waals surface area contributed by atoms with Crippen LogP contribution in [0.1, 0.15) is 32.6 Å². The molecule has 10 heavy (non-hydrogen) atoms. The average Bonchev–Trinajstić information content (AvgIpc) is 1.94. The minimum atomic E-state index is 0.411. The summed E-state index contributed by atoms with van der Waals surface area (Å²) in [5.74, 6) is 0. The van der Waals surface area contributed by atoms with Gasteiger partial charge in [0.2, 0.25) is 0 Å². The Kier molecular flexibility index (Phi) is 3.16. The van der Waals surface area contributed by atoms with Crippen molar-refractivity contribution in [3.8, 4) is 0 Å². The summed E-state index contributed by atoms with van der Waals surface area (Å²) in [6.45, 7) is 3.19. The molecule has 0 saturated heterocycles. The van der Waals surface area contributed by atoms with Gasteiger partial charge in [-0.1, -0.05) is 19.8 Å². The van der Waals surface area contributed by atoms with Crippen LogP contribution in [0.25, 0.3) is 0 Å². The second-order valence-corrected chi connectivity index (χ2v) is 3.11. The summed E-state index contributed by atoms with van der Waals surface area (Å²) >= 11 is 0. The van der Waals surface area contributed by atoms with Gasteiger partial charge in [-0.3, -0.25) is 0 Å². The first-order valence-corrected chi connectivity index (χ1v) is 4.33. The van der Waals surface area contributed by atoms with E-state index in [9.17, 15) is 0 Å². The number of likely N-dealkylation sites (N-methyl/N-ethyl adjacent to an activating group) is 1. The lowest BCUT2D eigenvalue weighted by atomic mass is 9.91. The van der Waals surface area contributed by atoms with E-state index in [1.54, 1.807) is 0 Å². The quantitative estimate of drug-likeness (QED) is 0.600. The third kappa shape index (κ3) is 1.96. The Balaban J connectivity index is 2.25. The number of hydrogen-bond acceptors (Lipinski definition) is 2. The van der Waals surface area contributed by atoms with Crippen LogP contribution in [-0.2, 0) is 0 Å². The van der Waals surface area contributed by atoms with Gasteiger partial charge in [-0.2, -0.15) is 0 Å². The molecule has 1 saturated carbocycles. The zero-order valence-corrected chi connectivity index (χ0v) is 6.77. The van der Waals surface area contributed by atoms with Crippen molar-refractivity contribution in [2.24, 2.45) is 5.73 Å². The Bertz CT molecular complexity index is 91.3. The van der Waals surface area contributed by atoms with Gasteiger partial charge in [-0.15, -0.1) is 0 Å². The molecule has 0 bridgehead atoms. The van der Waals surface area contributed by atoms with Crippen molar-refractivity contribution in [1.29, 1.82) is 0 Å². The second-order valence-electron chi connectivity index (χ2n) is 3.11. The lowest BCUT2D eigenvalue weighted by molar-refractivity contribution is 0.333. The zero-order chi connectivity index (χ0) is 7.40. The first-order valence-electron chi connectivity index (χ1n) is 4.33. The first kappa shape index (κ1) is 8.02. The first-order chi connectivity index (χ1) is 4.84. The van der Waals surface area contributed by atoms with E-state index in [-0.39, 0.29) is 0 Å². The summed E-state index contributed by atoms with van der Waals surface area (Å²) in [6, 6.07) is 1.01. The highest BCUT2D eigenvalue weighted by molar-refractivity contribution is 4.82. The van der Waals surface area contributed by atoms with Crippen molar-refractivity contribution in [2.75, 3.05) is 6.54 Å². The highest BCUT2D eigenvalue weighted by Gasteiger charge is 2.19. The Hall–Kier alpha value is -0.0800. The molecule has 0 radical (unpaired) electrons. The highest BCUT2D eigenvalue weighted by Crippen LogP contribution is 2.16. The third-order valence-corrected chi connectivity index (χ3v) is 2.29. The SMILES string of the molecule is CCN[C@@H]1CCCC[C@@H]1N. The fraction of sp³-hybridized carbons (Fsp3) is 1.00. The van der Waals surface area contributed by atoms with Crippen LogP contribution in [0.4, 0.5) is 0 Å². The van der Waals surface area contributed by atoms with Crippen LogP contribution in [0, 0.1) is 0 Å². The van der Waals surface area contributed by atoms with Gasteiger partial charge in [0, 0.05) is 12.1 Å². The molecule has 0 aromatic rings. The molecular weight excluding hydrogens is 124 g/mol. The van der Waals surface area contributed by atoms with Crippen LogP contribution in [0.2, 0.25) is 0 Å². The van der Waals surface area contributed by atoms with Crippen LogP contribution in [0.15, 0.2) is 0 Å². The molecule has 3 N–H and O–H groups in total. The number of nitrogens with one attached hydrogen (secondary N) is 1. The molecule has 0 aromatic carbocycles. The maximum absolute atomic E-state index is 5.90. The lowest BCUT2D eigenvalue weighted by Gasteiger charge is -2.28. The van der Waals surface area contributed by atoms with Crippen molar-refractivity contribution >= 4 is 0 Å². The maximum atomic E-state index is 5.90. The van der Waals surface area contributed by atoms with Gasteiger partial charge < -0.3 is 11.1 Å². The molecule has 0 aliphatic heterocycles. The van der Waals surface area contributed by atoms with Crippen LogP contribution in [0.3, 0.4) is 0 Å². The van der Waals surface area contributed by atoms with Gasteiger partial charge in [-0.25, -0.2) is 0 Å². The van der Waals surface area contributed by atoms with E-state index < -0.39 is 0 Å². The molecule has 0 heterocycles. The number of hydrogen-bond donors (Lipinski definition) is 2. The van der Waals surface area contributed by atoms with Crippen LogP contribution >= 0.6 is 0 Å². The van der Waals surface area contributed by atoms with Crippen LogP contribution in [0.5, 0.6) is 0 Å². The van der Waals surface area contributed by atoms with E-state index in [0.29, 0.717) is 12.1 Å². The highest BCUT2D eigenvalue weighted by atomic mass is 14.9. The van der Waals surface area contributed by atoms with Crippen LogP contribution < -0.4 is 11.1 Å². The predicted molar refractivity (Wildman–Crippen MR) is 43.9 cm³/mol. The Morgan fingerprint density at radius 3 is 2.70 bits per heavy atom. The van der Waals surface area contributed by atoms with Crippen molar-refractivity contribution in [3.05, 3.63) is 0 Å². The Morgan fingerprint density at radius 2 is 2.10 bits per heavy atom. The van der Waals surface area contributed by atoms with Crippen LogP contribution in [-0.4, -0.2) is 18.6 Å². The summed E-state index contributed by atoms with van der Waals surface area (Å²) in [6.07, 6.45) is 5.15. The van der Waals surface area contributed by atoms with E-state index in [4.69, 9.17) is 5.73 Å². The van der Waals surface area contributed by atoms with E-state index >= 15 is 0 Å². The minimum Gasteiger partial charge on any atom is -0.326 e. The molecule has 2 heteroatoms. The van der Waals surface area contributed by atoms with E-state index in [0.717, 1.165) is 6.54 Å². The molecule has 0 unspecified atom stereocenters. The topological polar surface area (TPSA) is 38.0 Å². The summed E-state index contributed by atoms with van der Waals surface area (Å²) in [5.41, 5.74) is 5.90. The van der Waals surface area contributed by atoms with E-state index in [1.165, 1.54) is 25.7 Å². The lowest BCUT2D eigenvalue weighted by Crippen LogP contribution is -2.46. The Morgan fingerprint density at radius 1 is 1.40 bits per heavy atom. The molecule has 1 aliphatic carbocycles. The minimum absolute atomic E-state index is 0.411. The molecule has 60 valence electrons. The molecule has 0 amide bonds. The van der Waals surface area contributed by atoms with Crippen molar-refractivity contribution in [3.63, 3.8) is 0 Å². The van der Waals surface area contributed by atoms with Gasteiger partial charge in [0.15, 0.2) is 0 Å². The van der Waals surface area contributed by atoms with Gasteiger partial charge in [-0.05, 0) is 19.4 Å². The van der Waals surface area contributed by atoms with Crippen molar-refractivity contribution in [2.45, 2.75) is 44.7 Å². The molecule has 0 aromatic heterocycles. The number of rotatable bonds is 2. The zero-order valence-electron chi connectivity index (χ0n) is 6.77. The molecule has 2 atom stereocenters. The summed E-state index contributed by atoms with van der Waals surface area (Å²) in [4.78, 5) is 0. The van der Waals surface area contributed by atoms with Gasteiger partial charge in [0.1, 0.15) is 0 Å². The molecule has 1 rings (SSSR count). The van der Waals surface area contributed by atoms with Gasteiger partial charge >= 0.3 is 0 Å². The fourth-order valence-electron chi connectivity index (χ4n) is 1.68. The molecule has 2 nitrogen and oxygen atoms in total. The number of nitrogens with two attached hydrogens (primary N) is 1. The molecule has 1 fully saturated rings. The van der Waals surface area contributed by atoms with Gasteiger partial charge in [0.05, 0.1) is 0 Å². The smallest absolute Gasteiger partial charge is 0.0218 e. The van der Waals surface area contributed by atoms with Crippen molar-refractivity contribution in [1.82, 2.24) is 5.32 Å². The average molecular weight is 142 g/mol. The fourth-order valence-corrected chi connectivity index (χ4v) is 1.68. The van der Waals surface area contributed by atoms with Crippen molar-refractivity contribution < 1.29 is 0 Å². The monoisotopic (exact) mass is 142 g/mol. The van der Waals surface area contributed by atoms with E-state index in [1.807, 2.05) is 0 Å². The normalized spacial score (nSPS) is 34.2. The molecule has 0 spiro atoms. The van der Waals surface area contributed by atoms with Gasteiger partial charge in [0.25, 0.3) is 0 Å². The largest absolute Gasteiger partial charge is 0.326 e. The van der Waals surface area contributed by atoms with E-state index in [2.05, 4.69) is 12.2 Å². The second kappa shape index (κ2) is 3.94. The summed E-state index contributed by atoms with van der Waals surface area (Å²) in [5, 5.41) is 3.41. The summed E-state index contributed by atoms with van der Waals surface area (Å²) < 4.78 is 0. The maximum Gasteiger partial charge on any atom is 0.0218 e. The standard InChI is InChI=1S/C8H18N2/c1-2-10-8-6-4-3-5-7(8)9/h7-8,10H,2-6,9H2,1H3/t7-,8+/m0/s1. The molecule has 1 aliphatic rings.